The predicted molar refractivity (Wildman–Crippen MR) is 122 cm³/mol. The van der Waals surface area contributed by atoms with Crippen molar-refractivity contribution >= 4 is 10.1 Å². The van der Waals surface area contributed by atoms with Crippen molar-refractivity contribution in [2.24, 2.45) is 0 Å². The average Bonchev–Trinajstić information content (AvgIpc) is 2.65. The second kappa shape index (κ2) is 24.5. The Morgan fingerprint density at radius 3 is 1.37 bits per heavy atom. The Labute approximate surface area is 209 Å². The van der Waals surface area contributed by atoms with Crippen LogP contribution in [0.2, 0.25) is 0 Å². The van der Waals surface area contributed by atoms with E-state index >= 15 is 0 Å². The molecule has 0 radical (unpaired) electrons. The molecule has 0 aromatic rings. The minimum atomic E-state index is -4.34. The third kappa shape index (κ3) is 28.8. The molecule has 0 rings (SSSR count). The standard InChI is InChI=1S/C23H49NO4S.Na/c1-2-3-4-5-6-7-8-9-10-11-12-13-14-15-16-17-18-19-20-24-21-23(25)22-29(26,27)28;/h23-25H,2-22H2,1H3,(H,26,27,28);/q;+1/p-1. The maximum atomic E-state index is 10.5. The fourth-order valence-electron chi connectivity index (χ4n) is 3.71. The van der Waals surface area contributed by atoms with Gasteiger partial charge in [0.2, 0.25) is 0 Å². The number of hydrogen-bond donors (Lipinski definition) is 2. The summed E-state index contributed by atoms with van der Waals surface area (Å²) in [5.41, 5.74) is 0. The van der Waals surface area contributed by atoms with Crippen molar-refractivity contribution in [3.8, 4) is 0 Å². The van der Waals surface area contributed by atoms with Gasteiger partial charge < -0.3 is 15.0 Å². The molecule has 0 saturated heterocycles. The molecular formula is C23H48NNaO4S. The van der Waals surface area contributed by atoms with E-state index in [4.69, 9.17) is 0 Å². The smallest absolute Gasteiger partial charge is 0.748 e. The molecule has 2 N–H and O–H groups in total. The summed E-state index contributed by atoms with van der Waals surface area (Å²) >= 11 is 0. The molecule has 0 aromatic heterocycles. The molecule has 0 aromatic carbocycles. The van der Waals surface area contributed by atoms with Crippen molar-refractivity contribution in [1.29, 1.82) is 0 Å². The van der Waals surface area contributed by atoms with Crippen LogP contribution in [0.3, 0.4) is 0 Å². The van der Waals surface area contributed by atoms with Crippen LogP contribution >= 0.6 is 0 Å². The van der Waals surface area contributed by atoms with Crippen LogP contribution in [-0.4, -0.2) is 43.0 Å². The molecule has 0 aliphatic rings. The number of unbranched alkanes of at least 4 members (excludes halogenated alkanes) is 17. The molecule has 7 heteroatoms. The van der Waals surface area contributed by atoms with E-state index in [1.54, 1.807) is 0 Å². The molecule has 0 heterocycles. The van der Waals surface area contributed by atoms with E-state index in [1.165, 1.54) is 103 Å². The summed E-state index contributed by atoms with van der Waals surface area (Å²) in [6.45, 7) is 3.20. The van der Waals surface area contributed by atoms with Crippen LogP contribution in [0, 0.1) is 0 Å². The van der Waals surface area contributed by atoms with Gasteiger partial charge in [0, 0.05) is 6.54 Å². The number of hydrogen-bond acceptors (Lipinski definition) is 5. The molecule has 0 fully saturated rings. The summed E-state index contributed by atoms with van der Waals surface area (Å²) in [7, 11) is -4.34. The Balaban J connectivity index is 0. The van der Waals surface area contributed by atoms with Gasteiger partial charge in [-0.1, -0.05) is 116 Å². The van der Waals surface area contributed by atoms with Crippen LogP contribution < -0.4 is 34.9 Å². The second-order valence-electron chi connectivity index (χ2n) is 8.59. The van der Waals surface area contributed by atoms with Crippen molar-refractivity contribution in [2.75, 3.05) is 18.8 Å². The van der Waals surface area contributed by atoms with Crippen LogP contribution in [0.25, 0.3) is 0 Å². The van der Waals surface area contributed by atoms with E-state index in [0.29, 0.717) is 0 Å². The summed E-state index contributed by atoms with van der Waals surface area (Å²) in [6.07, 6.45) is 23.2. The van der Waals surface area contributed by atoms with Crippen LogP contribution in [0.5, 0.6) is 0 Å². The van der Waals surface area contributed by atoms with Gasteiger partial charge in [-0.2, -0.15) is 0 Å². The van der Waals surface area contributed by atoms with E-state index in [1.807, 2.05) is 0 Å². The summed E-state index contributed by atoms with van der Waals surface area (Å²) in [6, 6.07) is 0. The van der Waals surface area contributed by atoms with Crippen LogP contribution in [0.1, 0.15) is 122 Å². The fourth-order valence-corrected chi connectivity index (χ4v) is 4.30. The summed E-state index contributed by atoms with van der Waals surface area (Å²) in [5.74, 6) is -0.709. The normalized spacial score (nSPS) is 12.6. The molecule has 0 aliphatic heterocycles. The molecule has 0 saturated carbocycles. The zero-order valence-corrected chi connectivity index (χ0v) is 22.8. The zero-order valence-electron chi connectivity index (χ0n) is 20.0. The first-order chi connectivity index (χ1) is 14.0. The van der Waals surface area contributed by atoms with E-state index in [2.05, 4.69) is 12.2 Å². The van der Waals surface area contributed by atoms with Crippen LogP contribution in [0.15, 0.2) is 0 Å². The first-order valence-corrected chi connectivity index (χ1v) is 13.9. The SMILES string of the molecule is CCCCCCCCCCCCCCCCCCCCNCC(O)CS(=O)(=O)[O-].[Na+]. The van der Waals surface area contributed by atoms with Gasteiger partial charge in [-0.05, 0) is 13.0 Å². The van der Waals surface area contributed by atoms with Crippen LogP contribution in [0.4, 0.5) is 0 Å². The minimum absolute atomic E-state index is 0. The first-order valence-electron chi connectivity index (χ1n) is 12.3. The van der Waals surface area contributed by atoms with Gasteiger partial charge in [-0.25, -0.2) is 8.42 Å². The number of aliphatic hydroxyl groups excluding tert-OH is 1. The Morgan fingerprint density at radius 2 is 1.03 bits per heavy atom. The van der Waals surface area contributed by atoms with Crippen molar-refractivity contribution in [3.63, 3.8) is 0 Å². The van der Waals surface area contributed by atoms with Crippen LogP contribution in [-0.2, 0) is 10.1 Å². The summed E-state index contributed by atoms with van der Waals surface area (Å²) < 4.78 is 31.5. The summed E-state index contributed by atoms with van der Waals surface area (Å²) in [5, 5.41) is 12.4. The third-order valence-electron chi connectivity index (χ3n) is 5.48. The maximum Gasteiger partial charge on any atom is 1.00 e. The quantitative estimate of drug-likeness (QED) is 0.140. The maximum absolute atomic E-state index is 10.5. The fraction of sp³-hybridized carbons (Fsp3) is 1.00. The minimum Gasteiger partial charge on any atom is -0.748 e. The van der Waals surface area contributed by atoms with E-state index in [0.717, 1.165) is 19.4 Å². The van der Waals surface area contributed by atoms with Crippen molar-refractivity contribution in [2.45, 2.75) is 129 Å². The van der Waals surface area contributed by atoms with E-state index in [9.17, 15) is 18.1 Å². The van der Waals surface area contributed by atoms with Crippen molar-refractivity contribution in [1.82, 2.24) is 5.32 Å². The molecule has 0 amide bonds. The topological polar surface area (TPSA) is 89.5 Å². The Kier molecular flexibility index (Phi) is 26.9. The first kappa shape index (κ1) is 33.0. The molecule has 176 valence electrons. The van der Waals surface area contributed by atoms with Crippen molar-refractivity contribution in [3.05, 3.63) is 0 Å². The van der Waals surface area contributed by atoms with E-state index < -0.39 is 22.0 Å². The van der Waals surface area contributed by atoms with Gasteiger partial charge in [0.05, 0.1) is 22.0 Å². The third-order valence-corrected chi connectivity index (χ3v) is 6.28. The molecule has 0 spiro atoms. The Bertz CT molecular complexity index is 435. The van der Waals surface area contributed by atoms with Gasteiger partial charge in [0.15, 0.2) is 0 Å². The van der Waals surface area contributed by atoms with Gasteiger partial charge in [0.25, 0.3) is 0 Å². The Morgan fingerprint density at radius 1 is 0.700 bits per heavy atom. The molecule has 5 nitrogen and oxygen atoms in total. The zero-order chi connectivity index (χ0) is 21.6. The Hall–Kier alpha value is 0.830. The van der Waals surface area contributed by atoms with Gasteiger partial charge >= 0.3 is 29.6 Å². The summed E-state index contributed by atoms with van der Waals surface area (Å²) in [4.78, 5) is 0. The monoisotopic (exact) mass is 457 g/mol. The number of aliphatic hydroxyl groups is 1. The molecule has 1 atom stereocenters. The van der Waals surface area contributed by atoms with Gasteiger partial charge in [-0.15, -0.1) is 0 Å². The average molecular weight is 458 g/mol. The number of nitrogens with one attached hydrogen (secondary N) is 1. The van der Waals surface area contributed by atoms with Gasteiger partial charge in [0.1, 0.15) is 0 Å². The predicted octanol–water partition coefficient (Wildman–Crippen LogP) is 2.53. The molecule has 0 bridgehead atoms. The molecule has 30 heavy (non-hydrogen) atoms. The second-order valence-corrected chi connectivity index (χ2v) is 10.0. The van der Waals surface area contributed by atoms with Gasteiger partial charge in [-0.3, -0.25) is 0 Å². The number of rotatable bonds is 23. The molecular weight excluding hydrogens is 409 g/mol. The molecule has 0 aliphatic carbocycles. The molecule has 1 unspecified atom stereocenters. The van der Waals surface area contributed by atoms with Crippen molar-refractivity contribution < 1.29 is 47.6 Å². The largest absolute Gasteiger partial charge is 1.00 e. The van der Waals surface area contributed by atoms with E-state index in [-0.39, 0.29) is 36.1 Å².